The fourth-order valence-corrected chi connectivity index (χ4v) is 1.73. The maximum absolute atomic E-state index is 10.7. The molecule has 0 aliphatic rings. The van der Waals surface area contributed by atoms with E-state index in [0.717, 1.165) is 18.9 Å². The zero-order chi connectivity index (χ0) is 13.7. The van der Waals surface area contributed by atoms with E-state index in [4.69, 9.17) is 5.11 Å². The van der Waals surface area contributed by atoms with Gasteiger partial charge in [0.2, 0.25) is 0 Å². The Bertz CT molecular complexity index is 419. The van der Waals surface area contributed by atoms with Crippen LogP contribution in [0, 0.1) is 6.92 Å². The molecule has 1 heterocycles. The van der Waals surface area contributed by atoms with Gasteiger partial charge in [-0.3, -0.25) is 4.79 Å². The number of aromatic nitrogens is 2. The summed E-state index contributed by atoms with van der Waals surface area (Å²) < 4.78 is 0. The summed E-state index contributed by atoms with van der Waals surface area (Å²) in [6, 6.07) is 1.82. The smallest absolute Gasteiger partial charge is 0.323 e. The highest BCUT2D eigenvalue weighted by atomic mass is 16.4. The highest BCUT2D eigenvalue weighted by Gasteiger charge is 2.12. The van der Waals surface area contributed by atoms with Gasteiger partial charge in [-0.2, -0.15) is 0 Å². The van der Waals surface area contributed by atoms with E-state index >= 15 is 0 Å². The molecule has 0 spiro atoms. The fourth-order valence-electron chi connectivity index (χ4n) is 1.73. The summed E-state index contributed by atoms with van der Waals surface area (Å²) in [5, 5.41) is 8.79. The van der Waals surface area contributed by atoms with E-state index in [-0.39, 0.29) is 6.54 Å². The molecule has 0 amide bonds. The maximum Gasteiger partial charge on any atom is 0.323 e. The van der Waals surface area contributed by atoms with Crippen LogP contribution in [0.2, 0.25) is 0 Å². The van der Waals surface area contributed by atoms with E-state index in [0.29, 0.717) is 11.6 Å². The number of nitrogens with zero attached hydrogens (tertiary/aromatic N) is 4. The Labute approximate surface area is 107 Å². The standard InChI is InChI=1S/C12H20N4O2/c1-5-16(6-2)11-7-10(13-9(3)14-11)15(4)8-12(17)18/h7H,5-6,8H2,1-4H3,(H,17,18). The fraction of sp³-hybridized carbons (Fsp3) is 0.583. The van der Waals surface area contributed by atoms with Crippen LogP contribution in [0.15, 0.2) is 6.07 Å². The van der Waals surface area contributed by atoms with Crippen LogP contribution >= 0.6 is 0 Å². The zero-order valence-corrected chi connectivity index (χ0v) is 11.3. The number of carboxylic acid groups (broad SMARTS) is 1. The number of carboxylic acids is 1. The predicted octanol–water partition coefficient (Wildman–Crippen LogP) is 1.15. The lowest BCUT2D eigenvalue weighted by atomic mass is 10.4. The van der Waals surface area contributed by atoms with Crippen LogP contribution in [0.4, 0.5) is 11.6 Å². The predicted molar refractivity (Wildman–Crippen MR) is 71.2 cm³/mol. The molecular formula is C12H20N4O2. The average Bonchev–Trinajstić information content (AvgIpc) is 2.29. The van der Waals surface area contributed by atoms with E-state index in [1.165, 1.54) is 0 Å². The third-order valence-electron chi connectivity index (χ3n) is 2.66. The molecule has 0 aliphatic carbocycles. The van der Waals surface area contributed by atoms with Gasteiger partial charge in [0, 0.05) is 26.2 Å². The highest BCUT2D eigenvalue weighted by molar-refractivity contribution is 5.73. The lowest BCUT2D eigenvalue weighted by molar-refractivity contribution is -0.135. The minimum Gasteiger partial charge on any atom is -0.480 e. The van der Waals surface area contributed by atoms with Gasteiger partial charge in [-0.1, -0.05) is 0 Å². The van der Waals surface area contributed by atoms with Gasteiger partial charge in [0.1, 0.15) is 24.0 Å². The van der Waals surface area contributed by atoms with Crippen LogP contribution in [-0.4, -0.2) is 47.7 Å². The van der Waals surface area contributed by atoms with E-state index in [2.05, 4.69) is 28.7 Å². The third kappa shape index (κ3) is 3.58. The molecule has 18 heavy (non-hydrogen) atoms. The van der Waals surface area contributed by atoms with Gasteiger partial charge in [-0.05, 0) is 20.8 Å². The molecule has 1 N–H and O–H groups in total. The second-order valence-electron chi connectivity index (χ2n) is 4.05. The normalized spacial score (nSPS) is 10.2. The molecule has 0 radical (unpaired) electrons. The van der Waals surface area contributed by atoms with Gasteiger partial charge in [-0.25, -0.2) is 9.97 Å². The van der Waals surface area contributed by atoms with E-state index < -0.39 is 5.97 Å². The molecule has 0 fully saturated rings. The Kier molecular flexibility index (Phi) is 4.88. The zero-order valence-electron chi connectivity index (χ0n) is 11.3. The van der Waals surface area contributed by atoms with Crippen molar-refractivity contribution in [1.29, 1.82) is 0 Å². The first-order valence-corrected chi connectivity index (χ1v) is 6.01. The molecule has 0 aliphatic heterocycles. The second-order valence-corrected chi connectivity index (χ2v) is 4.05. The molecule has 0 aromatic carbocycles. The molecule has 0 saturated heterocycles. The molecule has 1 aromatic rings. The van der Waals surface area contributed by atoms with E-state index in [9.17, 15) is 4.79 Å². The summed E-state index contributed by atoms with van der Waals surface area (Å²) >= 11 is 0. The Morgan fingerprint density at radius 3 is 2.33 bits per heavy atom. The number of anilines is 2. The molecule has 6 nitrogen and oxygen atoms in total. The van der Waals surface area contributed by atoms with Crippen molar-refractivity contribution in [1.82, 2.24) is 9.97 Å². The Balaban J connectivity index is 3.03. The van der Waals surface area contributed by atoms with Crippen LogP contribution in [-0.2, 0) is 4.79 Å². The molecule has 0 bridgehead atoms. The van der Waals surface area contributed by atoms with Crippen molar-refractivity contribution in [2.24, 2.45) is 0 Å². The first-order chi connectivity index (χ1) is 8.47. The first-order valence-electron chi connectivity index (χ1n) is 6.01. The van der Waals surface area contributed by atoms with Gasteiger partial charge < -0.3 is 14.9 Å². The average molecular weight is 252 g/mol. The summed E-state index contributed by atoms with van der Waals surface area (Å²) in [5.41, 5.74) is 0. The van der Waals surface area contributed by atoms with Crippen LogP contribution in [0.25, 0.3) is 0 Å². The number of carbonyl (C=O) groups is 1. The van der Waals surface area contributed by atoms with Crippen molar-refractivity contribution in [2.75, 3.05) is 36.5 Å². The lowest BCUT2D eigenvalue weighted by Crippen LogP contribution is -2.28. The molecule has 6 heteroatoms. The Morgan fingerprint density at radius 1 is 1.28 bits per heavy atom. The molecule has 1 rings (SSSR count). The van der Waals surface area contributed by atoms with Crippen molar-refractivity contribution in [3.63, 3.8) is 0 Å². The molecular weight excluding hydrogens is 232 g/mol. The number of hydrogen-bond acceptors (Lipinski definition) is 5. The number of aliphatic carboxylic acids is 1. The van der Waals surface area contributed by atoms with Crippen molar-refractivity contribution in [3.05, 3.63) is 11.9 Å². The summed E-state index contributed by atoms with van der Waals surface area (Å²) in [6.45, 7) is 7.56. The summed E-state index contributed by atoms with van der Waals surface area (Å²) in [7, 11) is 1.71. The van der Waals surface area contributed by atoms with Gasteiger partial charge in [-0.15, -0.1) is 0 Å². The first kappa shape index (κ1) is 14.2. The SMILES string of the molecule is CCN(CC)c1cc(N(C)CC(=O)O)nc(C)n1. The maximum atomic E-state index is 10.7. The monoisotopic (exact) mass is 252 g/mol. The van der Waals surface area contributed by atoms with Gasteiger partial charge in [0.15, 0.2) is 0 Å². The highest BCUT2D eigenvalue weighted by Crippen LogP contribution is 2.17. The number of rotatable bonds is 6. The minimum absolute atomic E-state index is 0.0753. The molecule has 100 valence electrons. The van der Waals surface area contributed by atoms with Crippen LogP contribution in [0.3, 0.4) is 0 Å². The van der Waals surface area contributed by atoms with Crippen LogP contribution in [0.5, 0.6) is 0 Å². The molecule has 0 saturated carbocycles. The van der Waals surface area contributed by atoms with Crippen LogP contribution < -0.4 is 9.80 Å². The number of aryl methyl sites for hydroxylation is 1. The van der Waals surface area contributed by atoms with E-state index in [1.54, 1.807) is 11.9 Å². The number of likely N-dealkylation sites (N-methyl/N-ethyl adjacent to an activating group) is 1. The summed E-state index contributed by atoms with van der Waals surface area (Å²) in [5.74, 6) is 1.23. The molecule has 0 atom stereocenters. The lowest BCUT2D eigenvalue weighted by Gasteiger charge is -2.22. The van der Waals surface area contributed by atoms with Crippen molar-refractivity contribution in [2.45, 2.75) is 20.8 Å². The quantitative estimate of drug-likeness (QED) is 0.819. The van der Waals surface area contributed by atoms with Gasteiger partial charge in [0.05, 0.1) is 0 Å². The van der Waals surface area contributed by atoms with Crippen molar-refractivity contribution in [3.8, 4) is 0 Å². The number of hydrogen-bond donors (Lipinski definition) is 1. The van der Waals surface area contributed by atoms with Gasteiger partial charge in [0.25, 0.3) is 0 Å². The third-order valence-corrected chi connectivity index (χ3v) is 2.66. The van der Waals surface area contributed by atoms with Crippen molar-refractivity contribution < 1.29 is 9.90 Å². The Morgan fingerprint density at radius 2 is 1.83 bits per heavy atom. The summed E-state index contributed by atoms with van der Waals surface area (Å²) in [6.07, 6.45) is 0. The largest absolute Gasteiger partial charge is 0.480 e. The molecule has 0 unspecified atom stereocenters. The van der Waals surface area contributed by atoms with Gasteiger partial charge >= 0.3 is 5.97 Å². The van der Waals surface area contributed by atoms with Crippen molar-refractivity contribution >= 4 is 17.6 Å². The molecule has 1 aromatic heterocycles. The van der Waals surface area contributed by atoms with E-state index in [1.807, 2.05) is 13.0 Å². The summed E-state index contributed by atoms with van der Waals surface area (Å²) in [4.78, 5) is 23.0. The second kappa shape index (κ2) is 6.18. The van der Waals surface area contributed by atoms with Crippen LogP contribution in [0.1, 0.15) is 19.7 Å². The topological polar surface area (TPSA) is 69.6 Å². The minimum atomic E-state index is -0.877. The Hall–Kier alpha value is -1.85.